The number of nitrogens with zero attached hydrogens (tertiary/aromatic N) is 3. The number of nitrogens with one attached hydrogen (secondary N) is 1. The number of carbonyl (C=O) groups excluding carboxylic acids is 3. The Hall–Kier alpha value is -2.35. The zero-order chi connectivity index (χ0) is 22.7. The average molecular weight is 457 g/mol. The summed E-state index contributed by atoms with van der Waals surface area (Å²) in [5.74, 6) is 0.507. The van der Waals surface area contributed by atoms with Gasteiger partial charge in [-0.05, 0) is 55.7 Å². The summed E-state index contributed by atoms with van der Waals surface area (Å²) in [6, 6.07) is 7.07. The van der Waals surface area contributed by atoms with E-state index in [9.17, 15) is 14.4 Å². The number of benzene rings is 1. The topological polar surface area (TPSA) is 82.1 Å². The molecule has 3 aliphatic heterocycles. The molecule has 172 valence electrons. The van der Waals surface area contributed by atoms with Crippen LogP contribution in [0.5, 0.6) is 0 Å². The molecule has 8 heteroatoms. The zero-order valence-corrected chi connectivity index (χ0v) is 19.7. The number of carbonyl (C=O) groups is 3. The fraction of sp³-hybridized carbons (Fsp3) is 0.583. The van der Waals surface area contributed by atoms with Crippen molar-refractivity contribution in [2.75, 3.05) is 31.5 Å². The third-order valence-corrected chi connectivity index (χ3v) is 7.49. The molecule has 1 N–H and O–H groups in total. The highest BCUT2D eigenvalue weighted by Gasteiger charge is 2.33. The number of amides is 3. The van der Waals surface area contributed by atoms with Crippen molar-refractivity contribution < 1.29 is 14.4 Å². The first-order valence-electron chi connectivity index (χ1n) is 11.6. The summed E-state index contributed by atoms with van der Waals surface area (Å²) in [6.45, 7) is 7.73. The highest BCUT2D eigenvalue weighted by atomic mass is 32.2. The van der Waals surface area contributed by atoms with Crippen molar-refractivity contribution in [2.45, 2.75) is 51.2 Å². The number of hydrogen-bond acceptors (Lipinski definition) is 5. The van der Waals surface area contributed by atoms with E-state index in [1.165, 1.54) is 18.2 Å². The molecule has 0 saturated carbocycles. The van der Waals surface area contributed by atoms with Gasteiger partial charge in [-0.15, -0.1) is 0 Å². The quantitative estimate of drug-likeness (QED) is 0.748. The van der Waals surface area contributed by atoms with Gasteiger partial charge in [0.05, 0.1) is 0 Å². The largest absolute Gasteiger partial charge is 0.351 e. The van der Waals surface area contributed by atoms with Crippen LogP contribution in [0.25, 0.3) is 0 Å². The number of likely N-dealkylation sites (tertiary alicyclic amines) is 2. The monoisotopic (exact) mass is 456 g/mol. The summed E-state index contributed by atoms with van der Waals surface area (Å²) in [7, 11) is 0. The number of aliphatic imine (C=N–C) groups is 1. The highest BCUT2D eigenvalue weighted by Crippen LogP contribution is 2.29. The molecule has 0 spiro atoms. The van der Waals surface area contributed by atoms with Gasteiger partial charge in [0, 0.05) is 43.9 Å². The molecule has 3 heterocycles. The first-order chi connectivity index (χ1) is 15.4. The van der Waals surface area contributed by atoms with Gasteiger partial charge in [-0.3, -0.25) is 14.4 Å². The minimum atomic E-state index is -0.479. The summed E-state index contributed by atoms with van der Waals surface area (Å²) >= 11 is 1.40. The molecule has 0 aliphatic carbocycles. The van der Waals surface area contributed by atoms with Crippen LogP contribution in [0.3, 0.4) is 0 Å². The fourth-order valence-corrected chi connectivity index (χ4v) is 5.97. The van der Waals surface area contributed by atoms with Gasteiger partial charge in [0.2, 0.25) is 5.91 Å². The molecular weight excluding hydrogens is 424 g/mol. The number of amidine groups is 1. The van der Waals surface area contributed by atoms with Crippen molar-refractivity contribution in [2.24, 2.45) is 16.8 Å². The summed E-state index contributed by atoms with van der Waals surface area (Å²) in [4.78, 5) is 46.2. The predicted molar refractivity (Wildman–Crippen MR) is 128 cm³/mol. The third-order valence-electron chi connectivity index (χ3n) is 6.28. The van der Waals surface area contributed by atoms with E-state index in [2.05, 4.69) is 29.1 Å². The Labute approximate surface area is 194 Å². The Bertz CT molecular complexity index is 902. The van der Waals surface area contributed by atoms with Crippen LogP contribution in [0.1, 0.15) is 56.3 Å². The van der Waals surface area contributed by atoms with Crippen LogP contribution in [0.4, 0.5) is 5.69 Å². The number of anilines is 1. The molecule has 32 heavy (non-hydrogen) atoms. The molecule has 1 aromatic carbocycles. The van der Waals surface area contributed by atoms with Gasteiger partial charge in [0.1, 0.15) is 5.25 Å². The van der Waals surface area contributed by atoms with Crippen molar-refractivity contribution >= 4 is 40.3 Å². The van der Waals surface area contributed by atoms with Crippen LogP contribution in [0.15, 0.2) is 29.3 Å². The lowest BCUT2D eigenvalue weighted by molar-refractivity contribution is -0.121. The lowest BCUT2D eigenvalue weighted by Gasteiger charge is -2.35. The summed E-state index contributed by atoms with van der Waals surface area (Å²) in [6.07, 6.45) is 4.66. The van der Waals surface area contributed by atoms with Crippen LogP contribution in [-0.2, 0) is 9.59 Å². The molecule has 1 aromatic rings. The Morgan fingerprint density at radius 3 is 2.56 bits per heavy atom. The van der Waals surface area contributed by atoms with Crippen molar-refractivity contribution in [3.63, 3.8) is 0 Å². The first kappa shape index (κ1) is 22.8. The van der Waals surface area contributed by atoms with Crippen LogP contribution in [0.2, 0.25) is 0 Å². The summed E-state index contributed by atoms with van der Waals surface area (Å²) in [5, 5.41) is 3.14. The van der Waals surface area contributed by atoms with Crippen molar-refractivity contribution in [3.05, 3.63) is 29.8 Å². The zero-order valence-electron chi connectivity index (χ0n) is 18.9. The molecule has 0 radical (unpaired) electrons. The van der Waals surface area contributed by atoms with E-state index >= 15 is 0 Å². The second kappa shape index (κ2) is 10.1. The van der Waals surface area contributed by atoms with E-state index in [4.69, 9.17) is 0 Å². The first-order valence-corrected chi connectivity index (χ1v) is 12.5. The van der Waals surface area contributed by atoms with E-state index in [0.717, 1.165) is 50.6 Å². The van der Waals surface area contributed by atoms with Crippen LogP contribution in [-0.4, -0.2) is 64.1 Å². The Morgan fingerprint density at radius 1 is 1.12 bits per heavy atom. The second-order valence-electron chi connectivity index (χ2n) is 9.38. The van der Waals surface area contributed by atoms with Crippen LogP contribution < -0.4 is 5.32 Å². The Morgan fingerprint density at radius 2 is 1.84 bits per heavy atom. The molecule has 2 saturated heterocycles. The second-order valence-corrected chi connectivity index (χ2v) is 10.5. The summed E-state index contributed by atoms with van der Waals surface area (Å²) < 4.78 is 0. The maximum atomic E-state index is 13.0. The molecule has 0 unspecified atom stereocenters. The van der Waals surface area contributed by atoms with E-state index < -0.39 is 5.25 Å². The lowest BCUT2D eigenvalue weighted by Crippen LogP contribution is -2.42. The lowest BCUT2D eigenvalue weighted by atomic mass is 9.91. The number of hydrogen-bond donors (Lipinski definition) is 1. The molecule has 3 aliphatic rings. The van der Waals surface area contributed by atoms with Crippen molar-refractivity contribution in [1.29, 1.82) is 0 Å². The van der Waals surface area contributed by atoms with E-state index in [1.807, 2.05) is 4.90 Å². The molecule has 3 atom stereocenters. The maximum Gasteiger partial charge on any atom is 0.262 e. The molecule has 0 aromatic heterocycles. The Kier molecular flexibility index (Phi) is 7.18. The fourth-order valence-electron chi connectivity index (χ4n) is 4.85. The number of thioether (sulfide) groups is 1. The molecule has 3 amide bonds. The van der Waals surface area contributed by atoms with E-state index in [1.54, 1.807) is 24.3 Å². The van der Waals surface area contributed by atoms with Crippen molar-refractivity contribution in [3.8, 4) is 0 Å². The molecular formula is C24H32N4O3S. The highest BCUT2D eigenvalue weighted by molar-refractivity contribution is 8.15. The van der Waals surface area contributed by atoms with Gasteiger partial charge in [-0.2, -0.15) is 4.99 Å². The average Bonchev–Trinajstić information content (AvgIpc) is 3.13. The van der Waals surface area contributed by atoms with E-state index in [-0.39, 0.29) is 24.1 Å². The van der Waals surface area contributed by atoms with Crippen LogP contribution in [0, 0.1) is 11.8 Å². The minimum absolute atomic E-state index is 0.000554. The van der Waals surface area contributed by atoms with Crippen molar-refractivity contribution in [1.82, 2.24) is 9.80 Å². The molecule has 0 bridgehead atoms. The van der Waals surface area contributed by atoms with Gasteiger partial charge in [-0.25, -0.2) is 0 Å². The third kappa shape index (κ3) is 5.52. The van der Waals surface area contributed by atoms with Crippen LogP contribution >= 0.6 is 11.8 Å². The van der Waals surface area contributed by atoms with Gasteiger partial charge < -0.3 is 15.1 Å². The van der Waals surface area contributed by atoms with Gasteiger partial charge in [0.15, 0.2) is 5.17 Å². The number of rotatable bonds is 4. The van der Waals surface area contributed by atoms with Gasteiger partial charge >= 0.3 is 0 Å². The van der Waals surface area contributed by atoms with Gasteiger partial charge in [-0.1, -0.05) is 31.7 Å². The minimum Gasteiger partial charge on any atom is -0.351 e. The Balaban J connectivity index is 1.33. The number of piperidine rings is 2. The van der Waals surface area contributed by atoms with Gasteiger partial charge in [0.25, 0.3) is 11.8 Å². The molecule has 4 rings (SSSR count). The maximum absolute atomic E-state index is 13.0. The normalized spacial score (nSPS) is 26.1. The molecule has 2 fully saturated rings. The smallest absolute Gasteiger partial charge is 0.262 e. The predicted octanol–water partition coefficient (Wildman–Crippen LogP) is 3.62. The SMILES string of the molecule is C[C@@H]1C[C@@H](C)CN(C(=O)c2cccc(NC(=O)C[C@H]3SC(N4CCCCC4)=NC3=O)c2)C1. The van der Waals surface area contributed by atoms with E-state index in [0.29, 0.717) is 23.1 Å². The molecule has 7 nitrogen and oxygen atoms in total. The summed E-state index contributed by atoms with van der Waals surface area (Å²) in [5.41, 5.74) is 1.15. The standard InChI is InChI=1S/C24H32N4O3S/c1-16-11-17(2)15-28(14-16)23(31)18-7-6-8-19(12-18)25-21(29)13-20-22(30)26-24(32-20)27-9-4-3-5-10-27/h6-8,12,16-17,20H,3-5,9-11,13-15H2,1-2H3,(H,25,29)/t16-,17-,20-/m1/s1.